The quantitative estimate of drug-likeness (QED) is 0.656. The molecule has 5 heteroatoms. The minimum Gasteiger partial charge on any atom is -0.481 e. The van der Waals surface area contributed by atoms with Gasteiger partial charge in [-0.3, -0.25) is 4.79 Å². The predicted octanol–water partition coefficient (Wildman–Crippen LogP) is 0.939. The molecule has 1 aliphatic carbocycles. The minimum atomic E-state index is -0.754. The van der Waals surface area contributed by atoms with E-state index < -0.39 is 5.97 Å². The van der Waals surface area contributed by atoms with Crippen LogP contribution < -0.4 is 0 Å². The molecule has 1 unspecified atom stereocenters. The molecule has 0 fully saturated rings. The molecule has 13 heavy (non-hydrogen) atoms. The first-order valence-electron chi connectivity index (χ1n) is 3.96. The minimum absolute atomic E-state index is 0.315. The molecular weight excluding hydrogens is 188 g/mol. The molecule has 1 heterocycles. The van der Waals surface area contributed by atoms with Crippen LogP contribution in [-0.4, -0.2) is 21.0 Å². The van der Waals surface area contributed by atoms with E-state index in [1.807, 2.05) is 0 Å². The number of carboxylic acids is 1. The summed E-state index contributed by atoms with van der Waals surface area (Å²) in [5, 5.41) is 8.79. The van der Waals surface area contributed by atoms with Gasteiger partial charge in [-0.15, -0.1) is 0 Å². The zero-order valence-electron chi connectivity index (χ0n) is 6.78. The first-order chi connectivity index (χ1) is 6.16. The van der Waals surface area contributed by atoms with Gasteiger partial charge in [-0.2, -0.15) is 0 Å². The molecule has 0 aliphatic heterocycles. The lowest BCUT2D eigenvalue weighted by atomic mass is 10.1. The highest BCUT2D eigenvalue weighted by atomic mass is 32.1. The molecule has 0 amide bonds. The van der Waals surface area contributed by atoms with E-state index in [0.717, 1.165) is 11.3 Å². The number of carbonyl (C=O) groups is 1. The number of nitrogens with one attached hydrogen (secondary N) is 1. The van der Waals surface area contributed by atoms with Gasteiger partial charge < -0.3 is 10.1 Å². The van der Waals surface area contributed by atoms with Crippen LogP contribution in [0.25, 0.3) is 0 Å². The average molecular weight is 196 g/mol. The molecule has 0 bridgehead atoms. The summed E-state index contributed by atoms with van der Waals surface area (Å²) >= 11 is 4.84. The van der Waals surface area contributed by atoms with Gasteiger partial charge in [-0.25, -0.2) is 4.98 Å². The van der Waals surface area contributed by atoms with Crippen molar-refractivity contribution in [3.63, 3.8) is 0 Å². The van der Waals surface area contributed by atoms with Gasteiger partial charge in [0.1, 0.15) is 0 Å². The van der Waals surface area contributed by atoms with Gasteiger partial charge in [0.05, 0.1) is 5.92 Å². The number of aromatic nitrogens is 2. The lowest BCUT2D eigenvalue weighted by Gasteiger charge is -1.98. The van der Waals surface area contributed by atoms with E-state index in [4.69, 9.17) is 17.3 Å². The topological polar surface area (TPSA) is 66.0 Å². The van der Waals surface area contributed by atoms with Crippen LogP contribution in [-0.2, 0) is 17.6 Å². The van der Waals surface area contributed by atoms with Crippen molar-refractivity contribution in [1.29, 1.82) is 0 Å². The SMILES string of the molecule is O=C(O)C1Cc2cnc(=S)[nH]c2C1. The maximum atomic E-state index is 10.7. The lowest BCUT2D eigenvalue weighted by molar-refractivity contribution is -0.141. The van der Waals surface area contributed by atoms with E-state index in [0.29, 0.717) is 17.6 Å². The van der Waals surface area contributed by atoms with Crippen molar-refractivity contribution >= 4 is 18.2 Å². The van der Waals surface area contributed by atoms with Gasteiger partial charge in [0.25, 0.3) is 0 Å². The molecule has 0 saturated heterocycles. The van der Waals surface area contributed by atoms with Crippen LogP contribution in [0, 0.1) is 10.7 Å². The normalized spacial score (nSPS) is 19.8. The first kappa shape index (κ1) is 8.37. The monoisotopic (exact) mass is 196 g/mol. The average Bonchev–Trinajstić information content (AvgIpc) is 2.46. The number of nitrogens with zero attached hydrogens (tertiary/aromatic N) is 1. The molecule has 0 spiro atoms. The Kier molecular flexibility index (Phi) is 1.88. The van der Waals surface area contributed by atoms with Gasteiger partial charge in [-0.1, -0.05) is 0 Å². The molecule has 1 aromatic rings. The summed E-state index contributed by atoms with van der Waals surface area (Å²) in [7, 11) is 0. The van der Waals surface area contributed by atoms with Crippen LogP contribution in [0.1, 0.15) is 11.3 Å². The standard InChI is InChI=1S/C8H8N2O2S/c11-7(12)4-1-5-3-9-8(13)10-6(5)2-4/h3-4H,1-2H2,(H,11,12)(H,9,10,13). The third-order valence-electron chi connectivity index (χ3n) is 2.25. The fourth-order valence-corrected chi connectivity index (χ4v) is 1.75. The Hall–Kier alpha value is -1.23. The van der Waals surface area contributed by atoms with Crippen molar-refractivity contribution < 1.29 is 9.90 Å². The van der Waals surface area contributed by atoms with Gasteiger partial charge in [-0.05, 0) is 24.2 Å². The van der Waals surface area contributed by atoms with E-state index >= 15 is 0 Å². The Morgan fingerprint density at radius 1 is 1.69 bits per heavy atom. The summed E-state index contributed by atoms with van der Waals surface area (Å²) in [5.41, 5.74) is 1.90. The number of hydrogen-bond acceptors (Lipinski definition) is 3. The third-order valence-corrected chi connectivity index (χ3v) is 2.46. The Morgan fingerprint density at radius 2 is 2.46 bits per heavy atom. The number of fused-ring (bicyclic) bond motifs is 1. The molecule has 1 atom stereocenters. The molecule has 4 nitrogen and oxygen atoms in total. The summed E-state index contributed by atoms with van der Waals surface area (Å²) in [6.45, 7) is 0. The zero-order valence-corrected chi connectivity index (χ0v) is 7.60. The Bertz CT molecular complexity index is 413. The zero-order chi connectivity index (χ0) is 9.42. The van der Waals surface area contributed by atoms with Crippen molar-refractivity contribution in [2.24, 2.45) is 5.92 Å². The van der Waals surface area contributed by atoms with Crippen LogP contribution >= 0.6 is 12.2 Å². The number of H-pyrrole nitrogens is 1. The van der Waals surface area contributed by atoms with Crippen LogP contribution in [0.4, 0.5) is 0 Å². The molecular formula is C8H8N2O2S. The molecule has 1 aromatic heterocycles. The first-order valence-corrected chi connectivity index (χ1v) is 4.37. The van der Waals surface area contributed by atoms with Crippen molar-refractivity contribution in [2.45, 2.75) is 12.8 Å². The largest absolute Gasteiger partial charge is 0.481 e. The summed E-state index contributed by atoms with van der Waals surface area (Å²) in [6, 6.07) is 0. The second-order valence-corrected chi connectivity index (χ2v) is 3.52. The Balaban J connectivity index is 2.35. The van der Waals surface area contributed by atoms with Crippen LogP contribution in [0.5, 0.6) is 0 Å². The molecule has 2 rings (SSSR count). The summed E-state index contributed by atoms with van der Waals surface area (Å²) in [4.78, 5) is 17.5. The summed E-state index contributed by atoms with van der Waals surface area (Å²) in [6.07, 6.45) is 2.76. The van der Waals surface area contributed by atoms with Gasteiger partial charge in [0.15, 0.2) is 4.77 Å². The van der Waals surface area contributed by atoms with Crippen molar-refractivity contribution in [3.8, 4) is 0 Å². The maximum Gasteiger partial charge on any atom is 0.307 e. The number of aliphatic carboxylic acids is 1. The second kappa shape index (κ2) is 2.92. The summed E-state index contributed by atoms with van der Waals surface area (Å²) < 4.78 is 0.421. The predicted molar refractivity (Wildman–Crippen MR) is 48.0 cm³/mol. The van der Waals surface area contributed by atoms with Gasteiger partial charge >= 0.3 is 5.97 Å². The van der Waals surface area contributed by atoms with Crippen LogP contribution in [0.15, 0.2) is 6.20 Å². The van der Waals surface area contributed by atoms with Crippen molar-refractivity contribution in [1.82, 2.24) is 9.97 Å². The maximum absolute atomic E-state index is 10.7. The molecule has 68 valence electrons. The number of hydrogen-bond donors (Lipinski definition) is 2. The lowest BCUT2D eigenvalue weighted by Crippen LogP contribution is -2.13. The molecule has 0 aromatic carbocycles. The third kappa shape index (κ3) is 1.47. The fourth-order valence-electron chi connectivity index (χ4n) is 1.57. The molecule has 0 saturated carbocycles. The Morgan fingerprint density at radius 3 is 3.15 bits per heavy atom. The highest BCUT2D eigenvalue weighted by Gasteiger charge is 2.27. The van der Waals surface area contributed by atoms with E-state index in [1.54, 1.807) is 6.20 Å². The van der Waals surface area contributed by atoms with E-state index in [1.165, 1.54) is 0 Å². The van der Waals surface area contributed by atoms with E-state index in [-0.39, 0.29) is 5.92 Å². The molecule has 0 radical (unpaired) electrons. The van der Waals surface area contributed by atoms with Crippen LogP contribution in [0.2, 0.25) is 0 Å². The molecule has 2 N–H and O–H groups in total. The van der Waals surface area contributed by atoms with E-state index in [2.05, 4.69) is 9.97 Å². The second-order valence-electron chi connectivity index (χ2n) is 3.14. The van der Waals surface area contributed by atoms with E-state index in [9.17, 15) is 4.79 Å². The van der Waals surface area contributed by atoms with Gasteiger partial charge in [0.2, 0.25) is 0 Å². The molecule has 1 aliphatic rings. The van der Waals surface area contributed by atoms with Crippen LogP contribution in [0.3, 0.4) is 0 Å². The van der Waals surface area contributed by atoms with Gasteiger partial charge in [0, 0.05) is 18.3 Å². The smallest absolute Gasteiger partial charge is 0.307 e. The summed E-state index contributed by atoms with van der Waals surface area (Å²) in [5.74, 6) is -1.07. The number of aromatic amines is 1. The van der Waals surface area contributed by atoms with Crippen molar-refractivity contribution in [3.05, 3.63) is 22.2 Å². The van der Waals surface area contributed by atoms with Crippen molar-refractivity contribution in [2.75, 3.05) is 0 Å². The Labute approximate surface area is 79.6 Å². The number of rotatable bonds is 1. The number of carboxylic acid groups (broad SMARTS) is 1. The highest BCUT2D eigenvalue weighted by molar-refractivity contribution is 7.71. The fraction of sp³-hybridized carbons (Fsp3) is 0.375. The highest BCUT2D eigenvalue weighted by Crippen LogP contribution is 2.23.